The molecule has 47 heavy (non-hydrogen) atoms. The van der Waals surface area contributed by atoms with Crippen molar-refractivity contribution in [3.63, 3.8) is 0 Å². The lowest BCUT2D eigenvalue weighted by Crippen LogP contribution is -2.58. The molecule has 7 atom stereocenters. The van der Waals surface area contributed by atoms with Crippen LogP contribution in [0.2, 0.25) is 0 Å². The Morgan fingerprint density at radius 3 is 2.57 bits per heavy atom. The van der Waals surface area contributed by atoms with Crippen molar-refractivity contribution in [2.24, 2.45) is 11.8 Å². The molecule has 3 aliphatic heterocycles. The molecular formula is C31H33F3N5O6PS. The maximum absolute atomic E-state index is 15.1. The number of aromatic nitrogens is 1. The zero-order valence-electron chi connectivity index (χ0n) is 25.0. The van der Waals surface area contributed by atoms with E-state index in [1.165, 1.54) is 12.1 Å². The van der Waals surface area contributed by atoms with Crippen LogP contribution in [-0.4, -0.2) is 80.8 Å². The van der Waals surface area contributed by atoms with E-state index in [-0.39, 0.29) is 41.2 Å². The number of anilines is 1. The molecule has 3 saturated heterocycles. The molecule has 0 spiro atoms. The Morgan fingerprint density at radius 1 is 1.04 bits per heavy atom. The van der Waals surface area contributed by atoms with Crippen molar-refractivity contribution >= 4 is 52.4 Å². The maximum atomic E-state index is 15.1. The van der Waals surface area contributed by atoms with E-state index in [9.17, 15) is 27.7 Å². The SMILES string of the molecule is O=C(N[C@H]1C[C@H]2C[C@H]2C[C@H]2CC[C@@H](C(=O)N[C@H]3CN(c4cccnc4)C[C@H]3F)N2C1=O)c1cc2cc(C(F)(F)P(=O)(O)O)ccc2s1. The first-order chi connectivity index (χ1) is 22.3. The molecule has 7 rings (SSSR count). The van der Waals surface area contributed by atoms with Crippen LogP contribution < -0.4 is 15.5 Å². The van der Waals surface area contributed by atoms with Crippen LogP contribution in [0.25, 0.3) is 10.1 Å². The first-order valence-electron chi connectivity index (χ1n) is 15.5. The number of benzene rings is 1. The topological polar surface area (TPSA) is 152 Å². The number of nitrogens with zero attached hydrogens (tertiary/aromatic N) is 3. The third-order valence-corrected chi connectivity index (χ3v) is 12.0. The Morgan fingerprint density at radius 2 is 1.83 bits per heavy atom. The molecule has 1 aliphatic carbocycles. The van der Waals surface area contributed by atoms with Crippen LogP contribution in [-0.2, 0) is 19.8 Å². The molecule has 0 radical (unpaired) electrons. The summed E-state index contributed by atoms with van der Waals surface area (Å²) in [6.45, 7) is 0.369. The molecule has 5 heterocycles. The predicted molar refractivity (Wildman–Crippen MR) is 167 cm³/mol. The summed E-state index contributed by atoms with van der Waals surface area (Å²) in [4.78, 5) is 66.9. The van der Waals surface area contributed by atoms with Crippen LogP contribution in [0.3, 0.4) is 0 Å². The number of carbonyl (C=O) groups is 3. The Kier molecular flexibility index (Phi) is 8.09. The van der Waals surface area contributed by atoms with Gasteiger partial charge in [-0.2, -0.15) is 8.78 Å². The van der Waals surface area contributed by atoms with E-state index in [1.807, 2.05) is 11.0 Å². The van der Waals surface area contributed by atoms with E-state index in [0.717, 1.165) is 42.0 Å². The van der Waals surface area contributed by atoms with Crippen molar-refractivity contribution in [3.05, 3.63) is 59.2 Å². The maximum Gasteiger partial charge on any atom is 0.399 e. The van der Waals surface area contributed by atoms with Crippen LogP contribution >= 0.6 is 18.9 Å². The molecular weight excluding hydrogens is 658 g/mol. The van der Waals surface area contributed by atoms with E-state index < -0.39 is 54.9 Å². The number of halogens is 3. The molecule has 2 aromatic heterocycles. The molecule has 1 saturated carbocycles. The van der Waals surface area contributed by atoms with E-state index in [0.29, 0.717) is 29.9 Å². The van der Waals surface area contributed by atoms with Crippen molar-refractivity contribution in [1.29, 1.82) is 0 Å². The fraction of sp³-hybridized carbons (Fsp3) is 0.484. The van der Waals surface area contributed by atoms with Gasteiger partial charge in [-0.15, -0.1) is 11.3 Å². The minimum absolute atomic E-state index is 0.106. The Hall–Kier alpha value is -3.52. The van der Waals surface area contributed by atoms with Gasteiger partial charge in [-0.1, -0.05) is 6.07 Å². The van der Waals surface area contributed by atoms with E-state index in [4.69, 9.17) is 9.79 Å². The molecule has 0 unspecified atom stereocenters. The number of pyridine rings is 1. The number of carbonyl (C=O) groups excluding carboxylic acids is 3. The first kappa shape index (κ1) is 32.0. The minimum Gasteiger partial charge on any atom is -0.365 e. The van der Waals surface area contributed by atoms with Gasteiger partial charge in [-0.25, -0.2) is 4.39 Å². The zero-order chi connectivity index (χ0) is 33.2. The summed E-state index contributed by atoms with van der Waals surface area (Å²) < 4.78 is 55.5. The lowest BCUT2D eigenvalue weighted by atomic mass is 9.99. The second kappa shape index (κ2) is 11.9. The second-order valence-electron chi connectivity index (χ2n) is 12.9. The lowest BCUT2D eigenvalue weighted by molar-refractivity contribution is -0.143. The molecule has 4 N–H and O–H groups in total. The standard InChI is InChI=1S/C31H33F3N5O6PS/c32-22-14-38(21-2-1-7-35-13-21)15-24(22)37-28(40)25-5-4-20-10-16-8-17(16)11-23(30(42)39(20)25)36-29(41)27-12-18-9-19(3-6-26(18)47-27)31(33,34)46(43,44)45/h1-3,6-7,9,12-13,16-17,20,22-25H,4-5,8,10-11,14-15H2,(H,36,41)(H,37,40)(H2,43,44,45)/t16-,17+,20+,22+,23-,24-,25-/m0/s1. The van der Waals surface area contributed by atoms with E-state index in [2.05, 4.69) is 15.6 Å². The van der Waals surface area contributed by atoms with Crippen LogP contribution in [0.5, 0.6) is 0 Å². The van der Waals surface area contributed by atoms with Crippen LogP contribution in [0, 0.1) is 11.8 Å². The highest BCUT2D eigenvalue weighted by molar-refractivity contribution is 7.52. The van der Waals surface area contributed by atoms with Gasteiger partial charge in [0.15, 0.2) is 0 Å². The quantitative estimate of drug-likeness (QED) is 0.274. The number of hydrogen-bond donors (Lipinski definition) is 4. The number of nitrogens with one attached hydrogen (secondary N) is 2. The highest BCUT2D eigenvalue weighted by Gasteiger charge is 2.52. The summed E-state index contributed by atoms with van der Waals surface area (Å²) in [5.41, 5.74) is -4.51. The van der Waals surface area contributed by atoms with Crippen molar-refractivity contribution in [1.82, 2.24) is 20.5 Å². The average molecular weight is 692 g/mol. The third-order valence-electron chi connectivity index (χ3n) is 9.89. The number of alkyl halides is 3. The van der Waals surface area contributed by atoms with Crippen LogP contribution in [0.15, 0.2) is 48.8 Å². The van der Waals surface area contributed by atoms with E-state index >= 15 is 4.39 Å². The Labute approximate surface area is 271 Å². The second-order valence-corrected chi connectivity index (χ2v) is 15.7. The number of rotatable bonds is 7. The molecule has 16 heteroatoms. The van der Waals surface area contributed by atoms with Gasteiger partial charge in [0.1, 0.15) is 18.3 Å². The summed E-state index contributed by atoms with van der Waals surface area (Å²) in [6.07, 6.45) is 5.08. The molecule has 1 aromatic carbocycles. The zero-order valence-corrected chi connectivity index (χ0v) is 26.7. The first-order valence-corrected chi connectivity index (χ1v) is 17.9. The van der Waals surface area contributed by atoms with Crippen molar-refractivity contribution in [2.75, 3.05) is 18.0 Å². The Balaban J connectivity index is 1.07. The minimum atomic E-state index is -5.77. The van der Waals surface area contributed by atoms with Gasteiger partial charge in [0, 0.05) is 29.0 Å². The Bertz CT molecular complexity index is 1770. The largest absolute Gasteiger partial charge is 0.399 e. The summed E-state index contributed by atoms with van der Waals surface area (Å²) in [5.74, 6) is -0.774. The van der Waals surface area contributed by atoms with Crippen molar-refractivity contribution in [2.45, 2.75) is 68.1 Å². The fourth-order valence-corrected chi connectivity index (χ4v) is 8.74. The van der Waals surface area contributed by atoms with Gasteiger partial charge in [0.05, 0.1) is 29.3 Å². The third kappa shape index (κ3) is 6.03. The van der Waals surface area contributed by atoms with Gasteiger partial charge < -0.3 is 30.2 Å². The van der Waals surface area contributed by atoms with Gasteiger partial charge in [-0.3, -0.25) is 23.9 Å². The van der Waals surface area contributed by atoms with Crippen molar-refractivity contribution in [3.8, 4) is 0 Å². The average Bonchev–Trinajstić information content (AvgIpc) is 3.34. The molecule has 4 fully saturated rings. The van der Waals surface area contributed by atoms with Gasteiger partial charge in [0.25, 0.3) is 5.91 Å². The monoisotopic (exact) mass is 691 g/mol. The van der Waals surface area contributed by atoms with Crippen molar-refractivity contribution < 1.29 is 41.9 Å². The molecule has 4 aliphatic rings. The lowest BCUT2D eigenvalue weighted by Gasteiger charge is -2.35. The molecule has 250 valence electrons. The van der Waals surface area contributed by atoms with E-state index in [1.54, 1.807) is 23.4 Å². The molecule has 0 bridgehead atoms. The predicted octanol–water partition coefficient (Wildman–Crippen LogP) is 3.75. The number of amides is 3. The van der Waals surface area contributed by atoms with Crippen LogP contribution in [0.1, 0.15) is 47.3 Å². The fourth-order valence-electron chi connectivity index (χ4n) is 7.32. The summed E-state index contributed by atoms with van der Waals surface area (Å²) in [6, 6.07) is 5.39. The van der Waals surface area contributed by atoms with Gasteiger partial charge >= 0.3 is 13.3 Å². The van der Waals surface area contributed by atoms with Crippen LogP contribution in [0.4, 0.5) is 18.9 Å². The number of thiophene rings is 1. The highest BCUT2D eigenvalue weighted by atomic mass is 32.1. The van der Waals surface area contributed by atoms with Gasteiger partial charge in [0.2, 0.25) is 11.8 Å². The molecule has 3 amide bonds. The number of hydrogen-bond acceptors (Lipinski definition) is 7. The summed E-state index contributed by atoms with van der Waals surface area (Å²) >= 11 is 1.00. The molecule has 11 nitrogen and oxygen atoms in total. The molecule has 3 aromatic rings. The highest BCUT2D eigenvalue weighted by Crippen LogP contribution is 2.59. The summed E-state index contributed by atoms with van der Waals surface area (Å²) in [5, 5.41) is 5.87. The smallest absolute Gasteiger partial charge is 0.365 e. The normalized spacial score (nSPS) is 29.2. The summed E-state index contributed by atoms with van der Waals surface area (Å²) in [7, 11) is -5.77. The van der Waals surface area contributed by atoms with Gasteiger partial charge in [-0.05, 0) is 79.7 Å². The number of fused-ring (bicyclic) bond motifs is 3.